The monoisotopic (exact) mass is 253 g/mol. The highest BCUT2D eigenvalue weighted by atomic mass is 35.5. The van der Waals surface area contributed by atoms with Crippen LogP contribution in [0.15, 0.2) is 36.5 Å². The first-order valence-corrected chi connectivity index (χ1v) is 5.25. The van der Waals surface area contributed by atoms with Crippen LogP contribution in [0.2, 0.25) is 5.02 Å². The molecule has 0 amide bonds. The molecule has 0 unspecified atom stereocenters. The molecule has 0 aliphatic carbocycles. The molecule has 1 aromatic heterocycles. The summed E-state index contributed by atoms with van der Waals surface area (Å²) < 4.78 is 18.7. The van der Waals surface area contributed by atoms with Gasteiger partial charge in [0.25, 0.3) is 0 Å². The molecular formula is C12H9ClFNO2. The van der Waals surface area contributed by atoms with Crippen LogP contribution < -0.4 is 4.74 Å². The van der Waals surface area contributed by atoms with Crippen molar-refractivity contribution in [2.75, 3.05) is 0 Å². The zero-order valence-corrected chi connectivity index (χ0v) is 9.49. The van der Waals surface area contributed by atoms with Crippen LogP contribution in [0.4, 0.5) is 4.39 Å². The van der Waals surface area contributed by atoms with Crippen molar-refractivity contribution in [3.8, 4) is 11.6 Å². The van der Waals surface area contributed by atoms with Gasteiger partial charge < -0.3 is 9.84 Å². The highest BCUT2D eigenvalue weighted by Gasteiger charge is 2.06. The molecule has 17 heavy (non-hydrogen) atoms. The van der Waals surface area contributed by atoms with Crippen LogP contribution in [0.5, 0.6) is 11.6 Å². The molecule has 0 saturated heterocycles. The molecule has 0 fully saturated rings. The van der Waals surface area contributed by atoms with Crippen molar-refractivity contribution in [2.45, 2.75) is 6.61 Å². The molecule has 88 valence electrons. The molecule has 5 heteroatoms. The number of aliphatic hydroxyl groups excluding tert-OH is 1. The fourth-order valence-corrected chi connectivity index (χ4v) is 1.37. The molecule has 1 N–H and O–H groups in total. The molecule has 0 aliphatic rings. The Balaban J connectivity index is 2.25. The van der Waals surface area contributed by atoms with Gasteiger partial charge in [0.1, 0.15) is 0 Å². The average Bonchev–Trinajstić information content (AvgIpc) is 2.35. The van der Waals surface area contributed by atoms with E-state index in [0.29, 0.717) is 10.6 Å². The number of benzene rings is 1. The summed E-state index contributed by atoms with van der Waals surface area (Å²) in [6.45, 7) is -0.176. The van der Waals surface area contributed by atoms with Crippen LogP contribution in [0, 0.1) is 5.82 Å². The maximum Gasteiger partial charge on any atom is 0.219 e. The lowest BCUT2D eigenvalue weighted by Crippen LogP contribution is -1.92. The number of hydrogen-bond acceptors (Lipinski definition) is 3. The topological polar surface area (TPSA) is 42.4 Å². The van der Waals surface area contributed by atoms with E-state index in [1.807, 2.05) is 0 Å². The van der Waals surface area contributed by atoms with E-state index in [9.17, 15) is 4.39 Å². The molecule has 0 atom stereocenters. The predicted molar refractivity (Wildman–Crippen MR) is 61.6 cm³/mol. The summed E-state index contributed by atoms with van der Waals surface area (Å²) in [4.78, 5) is 3.89. The Kier molecular flexibility index (Phi) is 3.56. The van der Waals surface area contributed by atoms with E-state index >= 15 is 0 Å². The average molecular weight is 254 g/mol. The van der Waals surface area contributed by atoms with E-state index in [4.69, 9.17) is 21.4 Å². The first kappa shape index (κ1) is 11.8. The summed E-state index contributed by atoms with van der Waals surface area (Å²) in [6.07, 6.45) is 1.41. The highest BCUT2D eigenvalue weighted by molar-refractivity contribution is 6.30. The number of ether oxygens (including phenoxy) is 1. The minimum atomic E-state index is -0.515. The number of aromatic nitrogens is 1. The lowest BCUT2D eigenvalue weighted by molar-refractivity contribution is 0.281. The van der Waals surface area contributed by atoms with Crippen LogP contribution in [-0.2, 0) is 6.61 Å². The van der Waals surface area contributed by atoms with E-state index in [1.165, 1.54) is 30.5 Å². The Labute approximate surface area is 102 Å². The second-order valence-electron chi connectivity index (χ2n) is 3.34. The van der Waals surface area contributed by atoms with Crippen molar-refractivity contribution in [1.82, 2.24) is 4.98 Å². The maximum atomic E-state index is 13.4. The first-order valence-electron chi connectivity index (χ1n) is 4.88. The van der Waals surface area contributed by atoms with Gasteiger partial charge in [-0.1, -0.05) is 17.7 Å². The van der Waals surface area contributed by atoms with Crippen LogP contribution in [0.3, 0.4) is 0 Å². The second kappa shape index (κ2) is 5.12. The van der Waals surface area contributed by atoms with E-state index in [-0.39, 0.29) is 18.2 Å². The molecule has 0 radical (unpaired) electrons. The fraction of sp³-hybridized carbons (Fsp3) is 0.0833. The van der Waals surface area contributed by atoms with Crippen molar-refractivity contribution in [3.63, 3.8) is 0 Å². The number of hydrogen-bond donors (Lipinski definition) is 1. The third kappa shape index (κ3) is 2.93. The van der Waals surface area contributed by atoms with Gasteiger partial charge in [-0.3, -0.25) is 0 Å². The summed E-state index contributed by atoms with van der Waals surface area (Å²) >= 11 is 5.67. The van der Waals surface area contributed by atoms with Crippen LogP contribution in [-0.4, -0.2) is 10.1 Å². The van der Waals surface area contributed by atoms with Gasteiger partial charge in [0.15, 0.2) is 11.6 Å². The Morgan fingerprint density at radius 2 is 2.12 bits per heavy atom. The van der Waals surface area contributed by atoms with Gasteiger partial charge in [-0.2, -0.15) is 0 Å². The van der Waals surface area contributed by atoms with Gasteiger partial charge in [0.2, 0.25) is 5.88 Å². The summed E-state index contributed by atoms with van der Waals surface area (Å²) in [5.41, 5.74) is 0.565. The van der Waals surface area contributed by atoms with Gasteiger partial charge in [0.05, 0.1) is 11.6 Å². The number of rotatable bonds is 3. The number of halogens is 2. The Bertz CT molecular complexity index is 516. The van der Waals surface area contributed by atoms with Crippen molar-refractivity contribution in [2.24, 2.45) is 0 Å². The highest BCUT2D eigenvalue weighted by Crippen LogP contribution is 2.24. The summed E-state index contributed by atoms with van der Waals surface area (Å²) in [5, 5.41) is 9.42. The van der Waals surface area contributed by atoms with Gasteiger partial charge in [-0.25, -0.2) is 9.37 Å². The minimum Gasteiger partial charge on any atom is -0.436 e. The second-order valence-corrected chi connectivity index (χ2v) is 3.78. The van der Waals surface area contributed by atoms with Gasteiger partial charge in [-0.15, -0.1) is 0 Å². The first-order chi connectivity index (χ1) is 8.19. The van der Waals surface area contributed by atoms with E-state index < -0.39 is 5.82 Å². The van der Waals surface area contributed by atoms with Gasteiger partial charge in [-0.05, 0) is 23.8 Å². The molecule has 0 spiro atoms. The Morgan fingerprint density at radius 3 is 2.76 bits per heavy atom. The summed E-state index contributed by atoms with van der Waals surface area (Å²) in [6, 6.07) is 7.27. The normalized spacial score (nSPS) is 10.3. The van der Waals surface area contributed by atoms with Crippen molar-refractivity contribution >= 4 is 11.6 Å². The zero-order valence-electron chi connectivity index (χ0n) is 8.73. The van der Waals surface area contributed by atoms with Gasteiger partial charge in [0, 0.05) is 12.3 Å². The van der Waals surface area contributed by atoms with Crippen molar-refractivity contribution in [1.29, 1.82) is 0 Å². The molecule has 1 heterocycles. The maximum absolute atomic E-state index is 13.4. The predicted octanol–water partition coefficient (Wildman–Crippen LogP) is 3.16. The van der Waals surface area contributed by atoms with Crippen LogP contribution >= 0.6 is 11.6 Å². The van der Waals surface area contributed by atoms with E-state index in [2.05, 4.69) is 4.98 Å². The summed E-state index contributed by atoms with van der Waals surface area (Å²) in [5.74, 6) is -0.256. The van der Waals surface area contributed by atoms with Crippen molar-refractivity contribution in [3.05, 3.63) is 52.9 Å². The Morgan fingerprint density at radius 1 is 1.29 bits per heavy atom. The molecular weight excluding hydrogens is 245 g/mol. The lowest BCUT2D eigenvalue weighted by atomic mass is 10.2. The molecule has 0 saturated carbocycles. The SMILES string of the molecule is OCc1ccc(F)c(Oc2ccc(Cl)cn2)c1. The lowest BCUT2D eigenvalue weighted by Gasteiger charge is -2.07. The standard InChI is InChI=1S/C12H9ClFNO2/c13-9-2-4-12(15-6-9)17-11-5-8(7-16)1-3-10(11)14/h1-6,16H,7H2. The quantitative estimate of drug-likeness (QED) is 0.914. The van der Waals surface area contributed by atoms with E-state index in [1.54, 1.807) is 6.07 Å². The van der Waals surface area contributed by atoms with Crippen LogP contribution in [0.25, 0.3) is 0 Å². The number of aliphatic hydroxyl groups is 1. The smallest absolute Gasteiger partial charge is 0.219 e. The molecule has 1 aromatic carbocycles. The fourth-order valence-electron chi connectivity index (χ4n) is 1.26. The van der Waals surface area contributed by atoms with Crippen molar-refractivity contribution < 1.29 is 14.2 Å². The molecule has 2 aromatic rings. The molecule has 3 nitrogen and oxygen atoms in total. The zero-order chi connectivity index (χ0) is 12.3. The number of pyridine rings is 1. The van der Waals surface area contributed by atoms with Gasteiger partial charge >= 0.3 is 0 Å². The molecule has 0 aliphatic heterocycles. The van der Waals surface area contributed by atoms with E-state index in [0.717, 1.165) is 0 Å². The third-order valence-electron chi connectivity index (χ3n) is 2.09. The Hall–Kier alpha value is -1.65. The summed E-state index contributed by atoms with van der Waals surface area (Å²) in [7, 11) is 0. The molecule has 2 rings (SSSR count). The third-order valence-corrected chi connectivity index (χ3v) is 2.32. The van der Waals surface area contributed by atoms with Crippen LogP contribution in [0.1, 0.15) is 5.56 Å². The number of nitrogens with zero attached hydrogens (tertiary/aromatic N) is 1. The molecule has 0 bridgehead atoms. The largest absolute Gasteiger partial charge is 0.436 e. The minimum absolute atomic E-state index is 0.0198.